The first-order chi connectivity index (χ1) is 7.09. The molecule has 6 nitrogen and oxygen atoms in total. The van der Waals surface area contributed by atoms with Crippen LogP contribution in [0.5, 0.6) is 0 Å². The second-order valence-corrected chi connectivity index (χ2v) is 3.11. The van der Waals surface area contributed by atoms with Crippen molar-refractivity contribution in [3.8, 4) is 0 Å². The number of carboxylic acids is 1. The summed E-state index contributed by atoms with van der Waals surface area (Å²) >= 11 is 5.58. The quantitative estimate of drug-likeness (QED) is 0.696. The highest BCUT2D eigenvalue weighted by Gasteiger charge is 2.14. The molecule has 15 heavy (non-hydrogen) atoms. The van der Waals surface area contributed by atoms with E-state index in [2.05, 4.69) is 15.0 Å². The molecule has 0 fully saturated rings. The van der Waals surface area contributed by atoms with Crippen molar-refractivity contribution >= 4 is 28.6 Å². The standard InChI is InChI=1S/C8H4ClN3O3/c9-4-1-3(8(14)15)5-6(12-4)7(13)11-2-10-5/h1-2H,(H,14,15)(H,10,11,13). The number of carbonyl (C=O) groups is 1. The summed E-state index contributed by atoms with van der Waals surface area (Å²) in [7, 11) is 0. The number of rotatable bonds is 1. The summed E-state index contributed by atoms with van der Waals surface area (Å²) in [5, 5.41) is 8.80. The smallest absolute Gasteiger partial charge is 0.338 e. The van der Waals surface area contributed by atoms with E-state index in [4.69, 9.17) is 16.7 Å². The van der Waals surface area contributed by atoms with Crippen LogP contribution in [0.3, 0.4) is 0 Å². The van der Waals surface area contributed by atoms with Crippen LogP contribution in [0.2, 0.25) is 5.15 Å². The monoisotopic (exact) mass is 225 g/mol. The third-order valence-corrected chi connectivity index (χ3v) is 1.99. The highest BCUT2D eigenvalue weighted by Crippen LogP contribution is 2.15. The van der Waals surface area contributed by atoms with Gasteiger partial charge in [0.2, 0.25) is 0 Å². The Morgan fingerprint density at radius 3 is 2.87 bits per heavy atom. The first-order valence-corrected chi connectivity index (χ1v) is 4.24. The van der Waals surface area contributed by atoms with Crippen molar-refractivity contribution in [1.29, 1.82) is 0 Å². The van der Waals surface area contributed by atoms with Gasteiger partial charge in [-0.3, -0.25) is 4.79 Å². The average molecular weight is 226 g/mol. The molecule has 0 aliphatic heterocycles. The molecule has 0 aliphatic carbocycles. The zero-order valence-electron chi connectivity index (χ0n) is 7.19. The molecule has 2 aromatic rings. The predicted octanol–water partition coefficient (Wildman–Crippen LogP) is 0.670. The minimum atomic E-state index is -1.21. The summed E-state index contributed by atoms with van der Waals surface area (Å²) in [5.41, 5.74) is -0.723. The van der Waals surface area contributed by atoms with Gasteiger partial charge >= 0.3 is 5.97 Å². The van der Waals surface area contributed by atoms with E-state index in [1.807, 2.05) is 0 Å². The molecule has 2 heterocycles. The van der Waals surface area contributed by atoms with E-state index in [9.17, 15) is 9.59 Å². The summed E-state index contributed by atoms with van der Waals surface area (Å²) < 4.78 is 0. The Bertz CT molecular complexity index is 608. The Balaban J connectivity index is 2.99. The lowest BCUT2D eigenvalue weighted by molar-refractivity contribution is 0.0698. The van der Waals surface area contributed by atoms with Gasteiger partial charge in [0, 0.05) is 0 Å². The van der Waals surface area contributed by atoms with Gasteiger partial charge in [0.1, 0.15) is 10.7 Å². The van der Waals surface area contributed by atoms with Crippen LogP contribution in [-0.2, 0) is 0 Å². The van der Waals surface area contributed by atoms with E-state index >= 15 is 0 Å². The van der Waals surface area contributed by atoms with Crippen LogP contribution in [0, 0.1) is 0 Å². The molecule has 0 unspecified atom stereocenters. The van der Waals surface area contributed by atoms with Crippen molar-refractivity contribution in [3.05, 3.63) is 33.5 Å². The normalized spacial score (nSPS) is 10.5. The molecule has 2 N–H and O–H groups in total. The van der Waals surface area contributed by atoms with Gasteiger partial charge in [-0.2, -0.15) is 0 Å². The SMILES string of the molecule is O=C(O)c1cc(Cl)nc2c(=O)[nH]cnc12. The molecule has 0 atom stereocenters. The zero-order chi connectivity index (χ0) is 11.0. The molecule has 7 heteroatoms. The maximum Gasteiger partial charge on any atom is 0.338 e. The van der Waals surface area contributed by atoms with E-state index in [-0.39, 0.29) is 21.7 Å². The molecule has 2 rings (SSSR count). The second-order valence-electron chi connectivity index (χ2n) is 2.73. The summed E-state index contributed by atoms with van der Waals surface area (Å²) in [6, 6.07) is 1.15. The largest absolute Gasteiger partial charge is 0.478 e. The summed E-state index contributed by atoms with van der Waals surface area (Å²) in [5.74, 6) is -1.21. The molecule has 0 radical (unpaired) electrons. The van der Waals surface area contributed by atoms with Crippen molar-refractivity contribution in [2.24, 2.45) is 0 Å². The molecule has 0 saturated heterocycles. The molecular formula is C8H4ClN3O3. The Morgan fingerprint density at radius 1 is 1.47 bits per heavy atom. The first kappa shape index (κ1) is 9.60. The molecule has 0 aliphatic rings. The molecule has 0 aromatic carbocycles. The minimum Gasteiger partial charge on any atom is -0.478 e. The number of nitrogens with zero attached hydrogens (tertiary/aromatic N) is 2. The Kier molecular flexibility index (Phi) is 2.12. The molecule has 0 amide bonds. The van der Waals surface area contributed by atoms with E-state index < -0.39 is 11.5 Å². The van der Waals surface area contributed by atoms with Gasteiger partial charge in [0.05, 0.1) is 11.9 Å². The number of carboxylic acid groups (broad SMARTS) is 1. The van der Waals surface area contributed by atoms with Gasteiger partial charge in [0.15, 0.2) is 5.52 Å². The number of aromatic nitrogens is 3. The topological polar surface area (TPSA) is 95.9 Å². The van der Waals surface area contributed by atoms with Crippen LogP contribution in [0.1, 0.15) is 10.4 Å². The first-order valence-electron chi connectivity index (χ1n) is 3.87. The number of halogens is 1. The van der Waals surface area contributed by atoms with Crippen molar-refractivity contribution in [2.45, 2.75) is 0 Å². The van der Waals surface area contributed by atoms with Crippen LogP contribution < -0.4 is 5.56 Å². The highest BCUT2D eigenvalue weighted by molar-refractivity contribution is 6.30. The molecule has 0 spiro atoms. The maximum atomic E-state index is 11.3. The Labute approximate surface area is 87.6 Å². The van der Waals surface area contributed by atoms with E-state index in [0.717, 1.165) is 12.4 Å². The Hall–Kier alpha value is -1.95. The predicted molar refractivity (Wildman–Crippen MR) is 52.1 cm³/mol. The molecular weight excluding hydrogens is 222 g/mol. The van der Waals surface area contributed by atoms with Gasteiger partial charge < -0.3 is 10.1 Å². The number of H-pyrrole nitrogens is 1. The van der Waals surface area contributed by atoms with Crippen LogP contribution in [0.4, 0.5) is 0 Å². The third kappa shape index (κ3) is 1.55. The minimum absolute atomic E-state index is 0.0238. The molecule has 0 saturated carbocycles. The highest BCUT2D eigenvalue weighted by atomic mass is 35.5. The second kappa shape index (κ2) is 3.32. The summed E-state index contributed by atoms with van der Waals surface area (Å²) in [6.45, 7) is 0. The van der Waals surface area contributed by atoms with Crippen LogP contribution >= 0.6 is 11.6 Å². The fourth-order valence-corrected chi connectivity index (χ4v) is 1.38. The van der Waals surface area contributed by atoms with Gasteiger partial charge in [-0.25, -0.2) is 14.8 Å². The molecule has 76 valence electrons. The maximum absolute atomic E-state index is 11.3. The number of hydrogen-bond donors (Lipinski definition) is 2. The van der Waals surface area contributed by atoms with Gasteiger partial charge in [-0.15, -0.1) is 0 Å². The fourth-order valence-electron chi connectivity index (χ4n) is 1.18. The van der Waals surface area contributed by atoms with E-state index in [1.165, 1.54) is 0 Å². The summed E-state index contributed by atoms with van der Waals surface area (Å²) in [6.07, 6.45) is 1.12. The number of fused-ring (bicyclic) bond motifs is 1. The van der Waals surface area contributed by atoms with E-state index in [0.29, 0.717) is 0 Å². The van der Waals surface area contributed by atoms with Crippen molar-refractivity contribution in [3.63, 3.8) is 0 Å². The van der Waals surface area contributed by atoms with Crippen LogP contribution in [-0.4, -0.2) is 26.0 Å². The number of aromatic carboxylic acids is 1. The average Bonchev–Trinajstić information content (AvgIpc) is 2.18. The molecule has 0 bridgehead atoms. The van der Waals surface area contributed by atoms with Crippen molar-refractivity contribution in [1.82, 2.24) is 15.0 Å². The van der Waals surface area contributed by atoms with Crippen LogP contribution in [0.15, 0.2) is 17.2 Å². The summed E-state index contributed by atoms with van der Waals surface area (Å²) in [4.78, 5) is 31.9. The van der Waals surface area contributed by atoms with Gasteiger partial charge in [-0.1, -0.05) is 11.6 Å². The third-order valence-electron chi connectivity index (χ3n) is 1.80. The van der Waals surface area contributed by atoms with Gasteiger partial charge in [-0.05, 0) is 6.07 Å². The van der Waals surface area contributed by atoms with Crippen molar-refractivity contribution < 1.29 is 9.90 Å². The number of nitrogens with one attached hydrogen (secondary N) is 1. The number of pyridine rings is 1. The lowest BCUT2D eigenvalue weighted by atomic mass is 10.2. The fraction of sp³-hybridized carbons (Fsp3) is 0. The molecule has 2 aromatic heterocycles. The number of hydrogen-bond acceptors (Lipinski definition) is 4. The zero-order valence-corrected chi connectivity index (χ0v) is 7.95. The van der Waals surface area contributed by atoms with Crippen LogP contribution in [0.25, 0.3) is 11.0 Å². The Morgan fingerprint density at radius 2 is 2.20 bits per heavy atom. The number of aromatic amines is 1. The van der Waals surface area contributed by atoms with E-state index in [1.54, 1.807) is 0 Å². The van der Waals surface area contributed by atoms with Crippen molar-refractivity contribution in [2.75, 3.05) is 0 Å². The van der Waals surface area contributed by atoms with Gasteiger partial charge in [0.25, 0.3) is 5.56 Å². The lowest BCUT2D eigenvalue weighted by Gasteiger charge is -2.00. The lowest BCUT2D eigenvalue weighted by Crippen LogP contribution is -2.11.